The molecule has 0 aliphatic heterocycles. The van der Waals surface area contributed by atoms with Gasteiger partial charge in [0.2, 0.25) is 5.91 Å². The van der Waals surface area contributed by atoms with E-state index >= 15 is 0 Å². The SMILES string of the molecule is CCC(=O)N[C@](C)(C(=O)O)c1ccccc1. The average Bonchev–Trinajstić information content (AvgIpc) is 2.29. The molecule has 1 atom stereocenters. The minimum Gasteiger partial charge on any atom is -0.479 e. The first-order valence-electron chi connectivity index (χ1n) is 5.10. The first kappa shape index (κ1) is 12.2. The molecule has 0 fully saturated rings. The number of nitrogens with one attached hydrogen (secondary N) is 1. The number of aliphatic carboxylic acids is 1. The number of benzene rings is 1. The maximum Gasteiger partial charge on any atom is 0.333 e. The van der Waals surface area contributed by atoms with E-state index in [9.17, 15) is 14.7 Å². The van der Waals surface area contributed by atoms with Crippen LogP contribution in [0.3, 0.4) is 0 Å². The Hall–Kier alpha value is -1.84. The van der Waals surface area contributed by atoms with Crippen molar-refractivity contribution in [2.75, 3.05) is 0 Å². The quantitative estimate of drug-likeness (QED) is 0.810. The molecule has 0 spiro atoms. The molecule has 0 aromatic heterocycles. The van der Waals surface area contributed by atoms with Crippen LogP contribution in [0, 0.1) is 0 Å². The van der Waals surface area contributed by atoms with Crippen LogP contribution in [-0.4, -0.2) is 17.0 Å². The van der Waals surface area contributed by atoms with Gasteiger partial charge in [-0.1, -0.05) is 37.3 Å². The number of carboxylic acid groups (broad SMARTS) is 1. The molecule has 0 saturated carbocycles. The van der Waals surface area contributed by atoms with E-state index in [2.05, 4.69) is 5.32 Å². The number of carboxylic acids is 1. The summed E-state index contributed by atoms with van der Waals surface area (Å²) in [4.78, 5) is 22.6. The van der Waals surface area contributed by atoms with Crippen LogP contribution < -0.4 is 5.32 Å². The monoisotopic (exact) mass is 221 g/mol. The standard InChI is InChI=1S/C12H15NO3/c1-3-10(14)13-12(2,11(15)16)9-7-5-4-6-8-9/h4-8H,3H2,1-2H3,(H,13,14)(H,15,16)/t12-/m0/s1. The summed E-state index contributed by atoms with van der Waals surface area (Å²) >= 11 is 0. The van der Waals surface area contributed by atoms with Crippen molar-refractivity contribution in [2.45, 2.75) is 25.8 Å². The highest BCUT2D eigenvalue weighted by Crippen LogP contribution is 2.20. The van der Waals surface area contributed by atoms with Crippen molar-refractivity contribution in [3.63, 3.8) is 0 Å². The zero-order valence-electron chi connectivity index (χ0n) is 9.36. The van der Waals surface area contributed by atoms with E-state index in [1.165, 1.54) is 6.92 Å². The van der Waals surface area contributed by atoms with Gasteiger partial charge in [-0.3, -0.25) is 4.79 Å². The van der Waals surface area contributed by atoms with Crippen LogP contribution in [0.2, 0.25) is 0 Å². The lowest BCUT2D eigenvalue weighted by atomic mass is 9.92. The highest BCUT2D eigenvalue weighted by molar-refractivity contribution is 5.87. The lowest BCUT2D eigenvalue weighted by Gasteiger charge is -2.26. The molecule has 0 aliphatic carbocycles. The van der Waals surface area contributed by atoms with Gasteiger partial charge >= 0.3 is 5.97 Å². The maximum absolute atomic E-state index is 11.3. The topological polar surface area (TPSA) is 66.4 Å². The maximum atomic E-state index is 11.3. The van der Waals surface area contributed by atoms with Crippen molar-refractivity contribution in [1.29, 1.82) is 0 Å². The van der Waals surface area contributed by atoms with E-state index in [0.717, 1.165) is 0 Å². The van der Waals surface area contributed by atoms with Gasteiger partial charge in [0.05, 0.1) is 0 Å². The van der Waals surface area contributed by atoms with Crippen LogP contribution in [0.4, 0.5) is 0 Å². The molecular formula is C12H15NO3. The van der Waals surface area contributed by atoms with Crippen LogP contribution >= 0.6 is 0 Å². The summed E-state index contributed by atoms with van der Waals surface area (Å²) in [5.74, 6) is -1.35. The minimum absolute atomic E-state index is 0.260. The zero-order chi connectivity index (χ0) is 12.2. The van der Waals surface area contributed by atoms with E-state index in [1.807, 2.05) is 0 Å². The van der Waals surface area contributed by atoms with Crippen molar-refractivity contribution < 1.29 is 14.7 Å². The van der Waals surface area contributed by atoms with Crippen LogP contribution in [0.25, 0.3) is 0 Å². The summed E-state index contributed by atoms with van der Waals surface area (Å²) in [6.45, 7) is 3.17. The number of hydrogen-bond donors (Lipinski definition) is 2. The van der Waals surface area contributed by atoms with Crippen LogP contribution in [0.15, 0.2) is 30.3 Å². The number of carbonyl (C=O) groups excluding carboxylic acids is 1. The Kier molecular flexibility index (Phi) is 3.66. The minimum atomic E-state index is -1.37. The molecule has 4 nitrogen and oxygen atoms in total. The normalized spacial score (nSPS) is 13.9. The van der Waals surface area contributed by atoms with Gasteiger partial charge in [0.25, 0.3) is 0 Å². The molecule has 16 heavy (non-hydrogen) atoms. The average molecular weight is 221 g/mol. The van der Waals surface area contributed by atoms with Gasteiger partial charge < -0.3 is 10.4 Å². The Morgan fingerprint density at radius 3 is 2.31 bits per heavy atom. The van der Waals surface area contributed by atoms with E-state index < -0.39 is 11.5 Å². The lowest BCUT2D eigenvalue weighted by molar-refractivity contribution is -0.147. The molecule has 2 N–H and O–H groups in total. The summed E-state index contributed by atoms with van der Waals surface area (Å²) in [5, 5.41) is 11.7. The summed E-state index contributed by atoms with van der Waals surface area (Å²) in [7, 11) is 0. The van der Waals surface area contributed by atoms with Crippen molar-refractivity contribution in [2.24, 2.45) is 0 Å². The number of carbonyl (C=O) groups is 2. The van der Waals surface area contributed by atoms with Crippen LogP contribution in [-0.2, 0) is 15.1 Å². The smallest absolute Gasteiger partial charge is 0.333 e. The van der Waals surface area contributed by atoms with Crippen molar-refractivity contribution >= 4 is 11.9 Å². The predicted octanol–water partition coefficient (Wildman–Crippen LogP) is 1.51. The highest BCUT2D eigenvalue weighted by atomic mass is 16.4. The van der Waals surface area contributed by atoms with E-state index in [0.29, 0.717) is 5.56 Å². The Balaban J connectivity index is 3.07. The van der Waals surface area contributed by atoms with E-state index in [1.54, 1.807) is 37.3 Å². The Labute approximate surface area is 94.3 Å². The molecule has 1 amide bonds. The lowest BCUT2D eigenvalue weighted by Crippen LogP contribution is -2.49. The fourth-order valence-corrected chi connectivity index (χ4v) is 1.39. The van der Waals surface area contributed by atoms with Gasteiger partial charge in [-0.15, -0.1) is 0 Å². The van der Waals surface area contributed by atoms with Crippen molar-refractivity contribution in [1.82, 2.24) is 5.32 Å². The van der Waals surface area contributed by atoms with Gasteiger partial charge in [-0.05, 0) is 12.5 Å². The molecule has 86 valence electrons. The zero-order valence-corrected chi connectivity index (χ0v) is 9.36. The molecule has 0 unspecified atom stereocenters. The van der Waals surface area contributed by atoms with Crippen molar-refractivity contribution in [3.8, 4) is 0 Å². The predicted molar refractivity (Wildman–Crippen MR) is 59.9 cm³/mol. The van der Waals surface area contributed by atoms with Crippen LogP contribution in [0.1, 0.15) is 25.8 Å². The second-order valence-corrected chi connectivity index (χ2v) is 3.70. The number of amides is 1. The first-order chi connectivity index (χ1) is 7.50. The summed E-state index contributed by atoms with van der Waals surface area (Å²) in [6, 6.07) is 8.66. The molecule has 0 bridgehead atoms. The van der Waals surface area contributed by atoms with E-state index in [4.69, 9.17) is 0 Å². The van der Waals surface area contributed by atoms with Gasteiger partial charge in [0.1, 0.15) is 0 Å². The fraction of sp³-hybridized carbons (Fsp3) is 0.333. The third-order valence-corrected chi connectivity index (χ3v) is 2.49. The third kappa shape index (κ3) is 2.39. The summed E-state index contributed by atoms with van der Waals surface area (Å²) in [5.41, 5.74) is -0.807. The Morgan fingerprint density at radius 2 is 1.88 bits per heavy atom. The Bertz CT molecular complexity index is 389. The van der Waals surface area contributed by atoms with Gasteiger partial charge in [0, 0.05) is 6.42 Å². The van der Waals surface area contributed by atoms with Gasteiger partial charge in [-0.25, -0.2) is 4.79 Å². The number of hydrogen-bond acceptors (Lipinski definition) is 2. The number of rotatable bonds is 4. The van der Waals surface area contributed by atoms with Crippen molar-refractivity contribution in [3.05, 3.63) is 35.9 Å². The van der Waals surface area contributed by atoms with Crippen LogP contribution in [0.5, 0.6) is 0 Å². The molecule has 1 aromatic rings. The fourth-order valence-electron chi connectivity index (χ4n) is 1.39. The largest absolute Gasteiger partial charge is 0.479 e. The second-order valence-electron chi connectivity index (χ2n) is 3.70. The van der Waals surface area contributed by atoms with Gasteiger partial charge in [-0.2, -0.15) is 0 Å². The molecule has 4 heteroatoms. The molecule has 0 heterocycles. The molecule has 1 rings (SSSR count). The van der Waals surface area contributed by atoms with Gasteiger partial charge in [0.15, 0.2) is 5.54 Å². The Morgan fingerprint density at radius 1 is 1.31 bits per heavy atom. The highest BCUT2D eigenvalue weighted by Gasteiger charge is 2.36. The second kappa shape index (κ2) is 4.79. The van der Waals surface area contributed by atoms with E-state index in [-0.39, 0.29) is 12.3 Å². The summed E-state index contributed by atoms with van der Waals surface area (Å²) < 4.78 is 0. The molecule has 0 saturated heterocycles. The molecule has 1 aromatic carbocycles. The summed E-state index contributed by atoms with van der Waals surface area (Å²) in [6.07, 6.45) is 0.260. The first-order valence-corrected chi connectivity index (χ1v) is 5.10. The molecule has 0 aliphatic rings. The third-order valence-electron chi connectivity index (χ3n) is 2.49. The molecule has 0 radical (unpaired) electrons. The molecular weight excluding hydrogens is 206 g/mol.